The van der Waals surface area contributed by atoms with E-state index in [2.05, 4.69) is 21.2 Å². The molecule has 1 aliphatic rings. The summed E-state index contributed by atoms with van der Waals surface area (Å²) in [6.45, 7) is -0.349. The van der Waals surface area contributed by atoms with Gasteiger partial charge in [0.05, 0.1) is 47.3 Å². The second kappa shape index (κ2) is 9.68. The Morgan fingerprint density at radius 3 is 1.56 bits per heavy atom. The van der Waals surface area contributed by atoms with E-state index in [9.17, 15) is 27.8 Å². The van der Waals surface area contributed by atoms with E-state index in [-0.39, 0.29) is 24.8 Å². The molecule has 0 aromatic rings. The van der Waals surface area contributed by atoms with Crippen molar-refractivity contribution in [1.29, 1.82) is 0 Å². The highest BCUT2D eigenvalue weighted by molar-refractivity contribution is 7.91. The van der Waals surface area contributed by atoms with E-state index in [4.69, 9.17) is 23.2 Å². The van der Waals surface area contributed by atoms with Crippen molar-refractivity contribution in [2.75, 3.05) is 36.4 Å². The van der Waals surface area contributed by atoms with Gasteiger partial charge in [-0.15, -0.1) is 33.0 Å². The third kappa shape index (κ3) is 6.25. The first-order chi connectivity index (χ1) is 11.8. The van der Waals surface area contributed by atoms with E-state index < -0.39 is 45.5 Å². The summed E-state index contributed by atoms with van der Waals surface area (Å²) < 4.78 is 23.6. The fourth-order valence-electron chi connectivity index (χ4n) is 2.12. The Morgan fingerprint density at radius 1 is 0.920 bits per heavy atom. The van der Waals surface area contributed by atoms with Gasteiger partial charge >= 0.3 is 12.1 Å². The normalized spacial score (nSPS) is 21.2. The number of amides is 4. The van der Waals surface area contributed by atoms with Crippen LogP contribution in [0.3, 0.4) is 0 Å². The predicted molar refractivity (Wildman–Crippen MR) is 89.7 cm³/mol. The number of hydrogen-bond donors (Lipinski definition) is 2. The lowest BCUT2D eigenvalue weighted by Gasteiger charge is -2.23. The Morgan fingerprint density at radius 2 is 1.28 bits per heavy atom. The van der Waals surface area contributed by atoms with Crippen molar-refractivity contribution in [3.63, 3.8) is 0 Å². The van der Waals surface area contributed by atoms with Crippen LogP contribution in [0.5, 0.6) is 0 Å². The number of urea groups is 2. The molecule has 1 saturated heterocycles. The largest absolute Gasteiger partial charge is 0.340 e. The van der Waals surface area contributed by atoms with E-state index in [1.165, 1.54) is 0 Å². The van der Waals surface area contributed by atoms with E-state index >= 15 is 0 Å². The predicted octanol–water partition coefficient (Wildman–Crippen LogP) is 0.0156. The Hall–Kier alpha value is -1.73. The molecule has 0 unspecified atom stereocenters. The maximum Gasteiger partial charge on any atom is 0.340 e. The molecule has 2 N–H and O–H groups in total. The standard InChI is InChI=1S/C10H16Cl2N6O6S/c11-1-3-17(15-21)9(19)13-7-5-25(23,24)6-8(7)14-10(20)18(16-22)4-2-12/h7-8H,1-6H2,(H,13,19)(H,14,20)/t7-,8+. The lowest BCUT2D eigenvalue weighted by molar-refractivity contribution is 0.189. The van der Waals surface area contributed by atoms with Gasteiger partial charge in [0.1, 0.15) is 0 Å². The van der Waals surface area contributed by atoms with Crippen molar-refractivity contribution in [2.45, 2.75) is 12.1 Å². The number of sulfone groups is 1. The number of hydrogen-bond acceptors (Lipinski definition) is 8. The maximum atomic E-state index is 11.9. The molecule has 1 fully saturated rings. The van der Waals surface area contributed by atoms with Crippen LogP contribution in [0.15, 0.2) is 10.6 Å². The van der Waals surface area contributed by atoms with Crippen LogP contribution >= 0.6 is 23.2 Å². The van der Waals surface area contributed by atoms with Crippen LogP contribution in [0.1, 0.15) is 0 Å². The average molecular weight is 419 g/mol. The molecule has 0 aromatic carbocycles. The number of halogens is 2. The fourth-order valence-corrected chi connectivity index (χ4v) is 4.30. The molecular weight excluding hydrogens is 403 g/mol. The Labute approximate surface area is 153 Å². The molecule has 142 valence electrons. The second-order valence-electron chi connectivity index (χ2n) is 4.98. The van der Waals surface area contributed by atoms with Gasteiger partial charge in [-0.3, -0.25) is 0 Å². The number of carbonyl (C=O) groups is 2. The summed E-state index contributed by atoms with van der Waals surface area (Å²) in [6, 6.07) is -3.96. The molecule has 2 atom stereocenters. The first kappa shape index (κ1) is 21.3. The van der Waals surface area contributed by atoms with Gasteiger partial charge in [-0.05, 0) is 0 Å². The topological polar surface area (TPSA) is 158 Å². The molecule has 1 rings (SSSR count). The van der Waals surface area contributed by atoms with Crippen LogP contribution in [-0.4, -0.2) is 78.9 Å². The first-order valence-corrected chi connectivity index (χ1v) is 9.82. The van der Waals surface area contributed by atoms with Crippen LogP contribution in [0.25, 0.3) is 0 Å². The zero-order valence-electron chi connectivity index (χ0n) is 12.8. The summed E-state index contributed by atoms with van der Waals surface area (Å²) in [7, 11) is -3.56. The minimum Gasteiger partial charge on any atom is -0.331 e. The van der Waals surface area contributed by atoms with Gasteiger partial charge in [0.25, 0.3) is 0 Å². The molecule has 0 aromatic heterocycles. The van der Waals surface area contributed by atoms with Crippen LogP contribution < -0.4 is 10.6 Å². The average Bonchev–Trinajstić information content (AvgIpc) is 2.83. The molecule has 4 amide bonds. The Balaban J connectivity index is 2.82. The highest BCUT2D eigenvalue weighted by Crippen LogP contribution is 2.14. The van der Waals surface area contributed by atoms with Crippen molar-refractivity contribution in [1.82, 2.24) is 20.7 Å². The quantitative estimate of drug-likeness (QED) is 0.321. The van der Waals surface area contributed by atoms with Gasteiger partial charge in [-0.1, -0.05) is 0 Å². The van der Waals surface area contributed by atoms with Crippen LogP contribution in [0, 0.1) is 9.81 Å². The maximum absolute atomic E-state index is 11.9. The van der Waals surface area contributed by atoms with Crippen LogP contribution in [0.4, 0.5) is 9.59 Å². The molecule has 1 aliphatic heterocycles. The molecule has 0 bridgehead atoms. The zero-order valence-corrected chi connectivity index (χ0v) is 15.1. The summed E-state index contributed by atoms with van der Waals surface area (Å²) in [5.74, 6) is -1.02. The molecule has 25 heavy (non-hydrogen) atoms. The summed E-state index contributed by atoms with van der Waals surface area (Å²) >= 11 is 10.9. The van der Waals surface area contributed by atoms with Crippen LogP contribution in [0.2, 0.25) is 0 Å². The van der Waals surface area contributed by atoms with E-state index in [0.29, 0.717) is 10.0 Å². The van der Waals surface area contributed by atoms with Crippen molar-refractivity contribution in [3.8, 4) is 0 Å². The van der Waals surface area contributed by atoms with Gasteiger partial charge in [-0.2, -0.15) is 10.0 Å². The van der Waals surface area contributed by atoms with Gasteiger partial charge in [0.15, 0.2) is 9.84 Å². The fraction of sp³-hybridized carbons (Fsp3) is 0.800. The van der Waals surface area contributed by atoms with Gasteiger partial charge in [-0.25, -0.2) is 18.0 Å². The third-order valence-corrected chi connectivity index (χ3v) is 5.30. The lowest BCUT2D eigenvalue weighted by atomic mass is 10.2. The van der Waals surface area contributed by atoms with Gasteiger partial charge < -0.3 is 10.6 Å². The summed E-state index contributed by atoms with van der Waals surface area (Å²) in [5.41, 5.74) is 0. The Bertz CT molecular complexity index is 573. The monoisotopic (exact) mass is 418 g/mol. The first-order valence-electron chi connectivity index (χ1n) is 6.93. The van der Waals surface area contributed by atoms with E-state index in [1.807, 2.05) is 0 Å². The number of nitroso groups, excluding NO2 is 2. The molecule has 12 nitrogen and oxygen atoms in total. The van der Waals surface area contributed by atoms with E-state index in [0.717, 1.165) is 0 Å². The van der Waals surface area contributed by atoms with Gasteiger partial charge in [0.2, 0.25) is 0 Å². The number of alkyl halides is 2. The van der Waals surface area contributed by atoms with Gasteiger partial charge in [0, 0.05) is 11.8 Å². The number of rotatable bonds is 8. The molecular formula is C10H16Cl2N6O6S. The minimum absolute atomic E-state index is 0.0549. The lowest BCUT2D eigenvalue weighted by Crippen LogP contribution is -2.55. The summed E-state index contributed by atoms with van der Waals surface area (Å²) in [6.07, 6.45) is 0. The number of nitrogens with one attached hydrogen (secondary N) is 2. The van der Waals surface area contributed by atoms with Crippen molar-refractivity contribution >= 4 is 45.1 Å². The minimum atomic E-state index is -3.56. The Kier molecular flexibility index (Phi) is 8.25. The van der Waals surface area contributed by atoms with E-state index in [1.54, 1.807) is 0 Å². The van der Waals surface area contributed by atoms with Crippen molar-refractivity contribution in [2.24, 2.45) is 10.6 Å². The van der Waals surface area contributed by atoms with Crippen molar-refractivity contribution in [3.05, 3.63) is 9.81 Å². The van der Waals surface area contributed by atoms with Crippen molar-refractivity contribution < 1.29 is 18.0 Å². The highest BCUT2D eigenvalue weighted by Gasteiger charge is 2.40. The molecule has 0 spiro atoms. The third-order valence-electron chi connectivity index (χ3n) is 3.23. The summed E-state index contributed by atoms with van der Waals surface area (Å²) in [4.78, 5) is 45.0. The number of carbonyl (C=O) groups excluding carboxylic acids is 2. The van der Waals surface area contributed by atoms with Crippen LogP contribution in [-0.2, 0) is 9.84 Å². The zero-order chi connectivity index (χ0) is 19.0. The number of nitrogens with zero attached hydrogens (tertiary/aromatic N) is 4. The molecule has 0 aliphatic carbocycles. The molecule has 0 radical (unpaired) electrons. The highest BCUT2D eigenvalue weighted by atomic mass is 35.5. The molecule has 1 heterocycles. The molecule has 0 saturated carbocycles. The second-order valence-corrected chi connectivity index (χ2v) is 7.89. The summed E-state index contributed by atoms with van der Waals surface area (Å²) in [5, 5.41) is 10.5. The molecule has 15 heteroatoms. The SMILES string of the molecule is O=NN(CCCl)C(=O)N[C@H]1CS(=O)(=O)C[C@H]1NC(=O)N(CCCl)N=O. The smallest absolute Gasteiger partial charge is 0.331 e.